The van der Waals surface area contributed by atoms with Crippen LogP contribution in [0.25, 0.3) is 39.2 Å². The summed E-state index contributed by atoms with van der Waals surface area (Å²) in [5.74, 6) is 0.608. The molecular formula is C37H41BrN2O. The number of para-hydroxylation sites is 1. The number of aromatic hydroxyl groups is 1. The molecule has 0 amide bonds. The largest absolute Gasteiger partial charge is 0.507 e. The Morgan fingerprint density at radius 1 is 0.756 bits per heavy atom. The van der Waals surface area contributed by atoms with Crippen molar-refractivity contribution in [1.29, 1.82) is 0 Å². The molecule has 4 aromatic carbocycles. The average molecular weight is 615 g/mol. The summed E-state index contributed by atoms with van der Waals surface area (Å²) in [5.41, 5.74) is 5.01. The molecule has 0 atom stereocenters. The van der Waals surface area contributed by atoms with Crippen LogP contribution in [0, 0.1) is 0 Å². The van der Waals surface area contributed by atoms with Gasteiger partial charge in [0.2, 0.25) is 0 Å². The smallest absolute Gasteiger partial charge is 0.149 e. The molecular weight excluding hydrogens is 568 g/mol. The van der Waals surface area contributed by atoms with Gasteiger partial charge in [-0.2, -0.15) is 0 Å². The minimum atomic E-state index is -0.441. The van der Waals surface area contributed by atoms with Crippen molar-refractivity contribution in [1.82, 2.24) is 9.55 Å². The van der Waals surface area contributed by atoms with Gasteiger partial charge in [-0.25, -0.2) is 4.98 Å². The number of nitrogens with zero attached hydrogens (tertiary/aromatic N) is 2. The van der Waals surface area contributed by atoms with Gasteiger partial charge in [0.25, 0.3) is 0 Å². The first-order valence-corrected chi connectivity index (χ1v) is 14.7. The van der Waals surface area contributed by atoms with E-state index in [1.807, 2.05) is 47.0 Å². The average Bonchev–Trinajstić information content (AvgIpc) is 3.34. The maximum absolute atomic E-state index is 12.0. The Labute approximate surface area is 260 Å². The van der Waals surface area contributed by atoms with Crippen molar-refractivity contribution in [3.63, 3.8) is 0 Å². The van der Waals surface area contributed by atoms with E-state index in [1.165, 1.54) is 0 Å². The number of phenolic OH excluding ortho intramolecular Hbond substituents is 1. The molecule has 0 aliphatic carbocycles. The number of rotatable bonds is 3. The van der Waals surface area contributed by atoms with Crippen molar-refractivity contribution in [3.8, 4) is 34.0 Å². The van der Waals surface area contributed by atoms with Gasteiger partial charge in [-0.3, -0.25) is 4.57 Å². The highest BCUT2D eigenvalue weighted by atomic mass is 79.9. The first kappa shape index (κ1) is 23.2. The fourth-order valence-corrected chi connectivity index (χ4v) is 5.53. The van der Waals surface area contributed by atoms with Gasteiger partial charge >= 0.3 is 0 Å². The van der Waals surface area contributed by atoms with Crippen molar-refractivity contribution in [3.05, 3.63) is 99.9 Å². The van der Waals surface area contributed by atoms with Crippen molar-refractivity contribution >= 4 is 27.0 Å². The maximum Gasteiger partial charge on any atom is 0.149 e. The van der Waals surface area contributed by atoms with Gasteiger partial charge in [-0.05, 0) is 79.2 Å². The zero-order valence-electron chi connectivity index (χ0n) is 30.3. The predicted octanol–water partition coefficient (Wildman–Crippen LogP) is 10.7. The Bertz CT molecular complexity index is 2000. The molecule has 1 heterocycles. The van der Waals surface area contributed by atoms with Crippen molar-refractivity contribution in [2.45, 2.75) is 78.6 Å². The molecule has 4 heteroatoms. The minimum Gasteiger partial charge on any atom is -0.507 e. The summed E-state index contributed by atoms with van der Waals surface area (Å²) in [6, 6.07) is 13.9. The number of benzene rings is 4. The lowest BCUT2D eigenvalue weighted by Gasteiger charge is -2.28. The van der Waals surface area contributed by atoms with Crippen LogP contribution in [0.3, 0.4) is 0 Å². The van der Waals surface area contributed by atoms with E-state index < -0.39 is 18.1 Å². The molecule has 41 heavy (non-hydrogen) atoms. The second-order valence-electron chi connectivity index (χ2n) is 13.8. The molecule has 0 saturated heterocycles. The van der Waals surface area contributed by atoms with Crippen molar-refractivity contribution in [2.75, 3.05) is 0 Å². The Hall–Kier alpha value is -3.37. The zero-order valence-corrected chi connectivity index (χ0v) is 26.9. The number of hydrogen-bond acceptors (Lipinski definition) is 2. The van der Waals surface area contributed by atoms with Crippen molar-refractivity contribution < 1.29 is 12.0 Å². The second kappa shape index (κ2) is 10.2. The first-order chi connectivity index (χ1) is 21.1. The summed E-state index contributed by atoms with van der Waals surface area (Å²) in [6.07, 6.45) is 0. The molecule has 5 aromatic rings. The lowest BCUT2D eigenvalue weighted by molar-refractivity contribution is 0.446. The molecule has 0 radical (unpaired) electrons. The minimum absolute atomic E-state index is 0.109. The van der Waals surface area contributed by atoms with E-state index in [-0.39, 0.29) is 39.6 Å². The third kappa shape index (κ3) is 5.47. The molecule has 0 spiro atoms. The quantitative estimate of drug-likeness (QED) is 0.220. The van der Waals surface area contributed by atoms with Crippen LogP contribution in [0.2, 0.25) is 0 Å². The highest BCUT2D eigenvalue weighted by Crippen LogP contribution is 2.45. The van der Waals surface area contributed by atoms with Gasteiger partial charge in [0.1, 0.15) is 17.1 Å². The fraction of sp³-hybridized carbons (Fsp3) is 0.324. The lowest BCUT2D eigenvalue weighted by Crippen LogP contribution is -2.17. The van der Waals surface area contributed by atoms with Crippen LogP contribution in [0.1, 0.15) is 85.9 Å². The van der Waals surface area contributed by atoms with Crippen LogP contribution >= 0.6 is 15.9 Å². The number of fused-ring (bicyclic) bond motifs is 1. The normalized spacial score (nSPS) is 14.4. The van der Waals surface area contributed by atoms with E-state index in [4.69, 9.17) is 11.8 Å². The molecule has 1 aromatic heterocycles. The van der Waals surface area contributed by atoms with Gasteiger partial charge in [0.15, 0.2) is 0 Å². The molecule has 0 unspecified atom stereocenters. The van der Waals surface area contributed by atoms with Crippen LogP contribution in [-0.4, -0.2) is 14.7 Å². The van der Waals surface area contributed by atoms with Gasteiger partial charge in [0, 0.05) is 15.6 Å². The Morgan fingerprint density at radius 2 is 1.39 bits per heavy atom. The molecule has 212 valence electrons. The van der Waals surface area contributed by atoms with Crippen LogP contribution in [0.4, 0.5) is 0 Å². The van der Waals surface area contributed by atoms with E-state index in [1.54, 1.807) is 0 Å². The van der Waals surface area contributed by atoms with Crippen LogP contribution in [0.15, 0.2) is 83.2 Å². The maximum atomic E-state index is 12.0. The third-order valence-corrected chi connectivity index (χ3v) is 8.17. The van der Waals surface area contributed by atoms with Gasteiger partial charge in [-0.15, -0.1) is 0 Å². The van der Waals surface area contributed by atoms with E-state index in [9.17, 15) is 5.11 Å². The summed E-state index contributed by atoms with van der Waals surface area (Å²) in [5, 5.41) is 12.0. The first-order valence-electron chi connectivity index (χ1n) is 16.4. The number of hydrogen-bond donors (Lipinski definition) is 1. The highest BCUT2D eigenvalue weighted by Gasteiger charge is 2.29. The Kier molecular flexibility index (Phi) is 5.76. The predicted molar refractivity (Wildman–Crippen MR) is 177 cm³/mol. The third-order valence-electron chi connectivity index (χ3n) is 7.53. The fourth-order valence-electron chi connectivity index (χ4n) is 5.08. The molecule has 1 N–H and O–H groups in total. The van der Waals surface area contributed by atoms with Crippen LogP contribution in [0.5, 0.6) is 5.75 Å². The highest BCUT2D eigenvalue weighted by molar-refractivity contribution is 9.10. The summed E-state index contributed by atoms with van der Waals surface area (Å²) >= 11 is 3.68. The van der Waals surface area contributed by atoms with Gasteiger partial charge in [-0.1, -0.05) is 111 Å². The van der Waals surface area contributed by atoms with Gasteiger partial charge < -0.3 is 5.11 Å². The molecule has 0 bridgehead atoms. The Morgan fingerprint density at radius 3 is 2.00 bits per heavy atom. The summed E-state index contributed by atoms with van der Waals surface area (Å²) in [7, 11) is 0. The molecule has 0 aliphatic heterocycles. The molecule has 5 rings (SSSR count). The van der Waals surface area contributed by atoms with E-state index in [0.717, 1.165) is 26.7 Å². The molecule has 0 aliphatic rings. The lowest BCUT2D eigenvalue weighted by atomic mass is 9.79. The van der Waals surface area contributed by atoms with Crippen LogP contribution in [-0.2, 0) is 16.2 Å². The summed E-state index contributed by atoms with van der Waals surface area (Å²) in [6.45, 7) is 18.8. The van der Waals surface area contributed by atoms with Crippen LogP contribution < -0.4 is 0 Å². The number of aromatic nitrogens is 2. The monoisotopic (exact) mass is 613 g/mol. The standard InChI is InChI=1S/C37H41BrN2O/c1-35(2,3)24-18-19-30(26(20-24)23-14-11-10-12-15-23)40-31-17-13-16-29(38)32(31)39-34(40)27-21-25(36(4,5)6)22-28(33(27)41)37(7,8)9/h10-22,41H,1-9H3/i10D,11D,12D,14D,15D. The molecule has 3 nitrogen and oxygen atoms in total. The number of halogens is 1. The number of phenols is 1. The van der Waals surface area contributed by atoms with Gasteiger partial charge in [0.05, 0.1) is 23.6 Å². The van der Waals surface area contributed by atoms with E-state index >= 15 is 0 Å². The summed E-state index contributed by atoms with van der Waals surface area (Å²) in [4.78, 5) is 5.12. The van der Waals surface area contributed by atoms with E-state index in [2.05, 4.69) is 84.3 Å². The SMILES string of the molecule is [2H]c1c([2H])c([2H])c(-c2cc(C(C)(C)C)ccc2-n2c(-c3cc(C(C)(C)C)cc(C(C)(C)C)c3O)nc3c(Br)cccc32)c([2H])c1[2H]. The zero-order chi connectivity index (χ0) is 34.3. The topological polar surface area (TPSA) is 38.0 Å². The van der Waals surface area contributed by atoms with E-state index in [0.29, 0.717) is 28.2 Å². The van der Waals surface area contributed by atoms with Crippen molar-refractivity contribution in [2.24, 2.45) is 0 Å². The second-order valence-corrected chi connectivity index (χ2v) is 14.6. The molecule has 0 saturated carbocycles. The Balaban J connectivity index is 2.01. The molecule has 0 fully saturated rings. The number of imidazole rings is 1. The summed E-state index contributed by atoms with van der Waals surface area (Å²) < 4.78 is 45.7.